The van der Waals surface area contributed by atoms with Crippen molar-refractivity contribution in [3.63, 3.8) is 0 Å². The molecule has 0 spiro atoms. The van der Waals surface area contributed by atoms with Crippen LogP contribution < -0.4 is 4.90 Å². The van der Waals surface area contributed by atoms with Gasteiger partial charge in [0, 0.05) is 37.1 Å². The van der Waals surface area contributed by atoms with Crippen molar-refractivity contribution in [3.05, 3.63) is 46.9 Å². The number of anilines is 1. The van der Waals surface area contributed by atoms with Gasteiger partial charge < -0.3 is 14.4 Å². The molecule has 2 aromatic heterocycles. The van der Waals surface area contributed by atoms with E-state index in [2.05, 4.69) is 15.1 Å². The summed E-state index contributed by atoms with van der Waals surface area (Å²) < 4.78 is 15.1. The molecule has 5 rings (SSSR count). The van der Waals surface area contributed by atoms with Crippen LogP contribution in [-0.4, -0.2) is 50.2 Å². The Bertz CT molecular complexity index is 1010. The third-order valence-electron chi connectivity index (χ3n) is 5.23. The number of nitrogens with zero attached hydrogens (tertiary/aromatic N) is 6. The second kappa shape index (κ2) is 6.97. The van der Waals surface area contributed by atoms with Crippen LogP contribution in [-0.2, 0) is 13.1 Å². The van der Waals surface area contributed by atoms with E-state index in [1.54, 1.807) is 16.2 Å². The van der Waals surface area contributed by atoms with E-state index in [1.807, 2.05) is 9.95 Å². The summed E-state index contributed by atoms with van der Waals surface area (Å²) in [7, 11) is 0. The minimum atomic E-state index is -0.351. The van der Waals surface area contributed by atoms with Gasteiger partial charge in [0.25, 0.3) is 5.91 Å². The zero-order chi connectivity index (χ0) is 19.1. The summed E-state index contributed by atoms with van der Waals surface area (Å²) in [6, 6.07) is 5.63. The number of rotatable bonds is 3. The number of thiazole rings is 1. The lowest BCUT2D eigenvalue weighted by Gasteiger charge is -2.27. The minimum absolute atomic E-state index is 0.124. The molecule has 0 aliphatic carbocycles. The lowest BCUT2D eigenvalue weighted by Crippen LogP contribution is -2.38. The van der Waals surface area contributed by atoms with E-state index in [9.17, 15) is 9.18 Å². The molecule has 0 bridgehead atoms. The quantitative estimate of drug-likeness (QED) is 0.679. The molecule has 1 aromatic carbocycles. The standard InChI is InChI=1S/C19H19FN6OS/c20-14-5-3-13(4-6-14)18(27)25-9-10-26-16(11-25)22-23-17(26)15-12-28-19(21-15)24-7-1-2-8-24/h3-6,12H,1-2,7-11H2. The van der Waals surface area contributed by atoms with Crippen molar-refractivity contribution < 1.29 is 9.18 Å². The van der Waals surface area contributed by atoms with Gasteiger partial charge in [0.15, 0.2) is 16.8 Å². The average molecular weight is 398 g/mol. The van der Waals surface area contributed by atoms with Crippen molar-refractivity contribution in [2.24, 2.45) is 0 Å². The number of amides is 1. The summed E-state index contributed by atoms with van der Waals surface area (Å²) in [6.07, 6.45) is 2.43. The van der Waals surface area contributed by atoms with E-state index in [0.29, 0.717) is 25.2 Å². The van der Waals surface area contributed by atoms with Gasteiger partial charge in [-0.1, -0.05) is 0 Å². The number of carbonyl (C=O) groups is 1. The Kier molecular flexibility index (Phi) is 4.31. The zero-order valence-corrected chi connectivity index (χ0v) is 16.0. The molecule has 28 heavy (non-hydrogen) atoms. The minimum Gasteiger partial charge on any atom is -0.348 e. The van der Waals surface area contributed by atoms with Crippen LogP contribution in [0, 0.1) is 5.82 Å². The van der Waals surface area contributed by atoms with Crippen LogP contribution in [0.5, 0.6) is 0 Å². The molecule has 1 fully saturated rings. The first-order chi connectivity index (χ1) is 13.7. The molecule has 0 unspecified atom stereocenters. The summed E-state index contributed by atoms with van der Waals surface area (Å²) in [5, 5.41) is 11.7. The van der Waals surface area contributed by atoms with E-state index in [1.165, 1.54) is 37.1 Å². The van der Waals surface area contributed by atoms with Gasteiger partial charge in [-0.25, -0.2) is 9.37 Å². The van der Waals surface area contributed by atoms with E-state index in [0.717, 1.165) is 35.6 Å². The second-order valence-electron chi connectivity index (χ2n) is 7.03. The van der Waals surface area contributed by atoms with Gasteiger partial charge in [-0.3, -0.25) is 4.79 Å². The first-order valence-corrected chi connectivity index (χ1v) is 10.2. The van der Waals surface area contributed by atoms with Crippen molar-refractivity contribution in [3.8, 4) is 11.5 Å². The van der Waals surface area contributed by atoms with Crippen molar-refractivity contribution in [1.82, 2.24) is 24.6 Å². The van der Waals surface area contributed by atoms with Crippen molar-refractivity contribution in [2.75, 3.05) is 24.5 Å². The molecule has 144 valence electrons. The predicted molar refractivity (Wildman–Crippen MR) is 104 cm³/mol. The molecule has 3 aromatic rings. The molecule has 0 atom stereocenters. The van der Waals surface area contributed by atoms with Crippen molar-refractivity contribution in [2.45, 2.75) is 25.9 Å². The highest BCUT2D eigenvalue weighted by atomic mass is 32.1. The maximum atomic E-state index is 13.1. The molecule has 2 aliphatic rings. The lowest BCUT2D eigenvalue weighted by molar-refractivity contribution is 0.0708. The Balaban J connectivity index is 1.35. The highest BCUT2D eigenvalue weighted by molar-refractivity contribution is 7.14. The van der Waals surface area contributed by atoms with Crippen molar-refractivity contribution in [1.29, 1.82) is 0 Å². The Hall–Kier alpha value is -2.81. The van der Waals surface area contributed by atoms with E-state index in [4.69, 9.17) is 4.98 Å². The number of hydrogen-bond donors (Lipinski definition) is 0. The highest BCUT2D eigenvalue weighted by Gasteiger charge is 2.27. The molecular weight excluding hydrogens is 379 g/mol. The molecule has 2 aliphatic heterocycles. The molecule has 0 radical (unpaired) electrons. The summed E-state index contributed by atoms with van der Waals surface area (Å²) in [5.41, 5.74) is 1.31. The van der Waals surface area contributed by atoms with E-state index >= 15 is 0 Å². The summed E-state index contributed by atoms with van der Waals surface area (Å²) in [5.74, 6) is 1.02. The smallest absolute Gasteiger partial charge is 0.254 e. The van der Waals surface area contributed by atoms with E-state index in [-0.39, 0.29) is 11.7 Å². The SMILES string of the molecule is O=C(c1ccc(F)cc1)N1CCn2c(nnc2-c2csc(N3CCCC3)n2)C1. The Morgan fingerprint density at radius 2 is 1.82 bits per heavy atom. The number of hydrogen-bond acceptors (Lipinski definition) is 6. The number of carbonyl (C=O) groups excluding carboxylic acids is 1. The summed E-state index contributed by atoms with van der Waals surface area (Å²) in [6.45, 7) is 3.67. The first-order valence-electron chi connectivity index (χ1n) is 9.37. The monoisotopic (exact) mass is 398 g/mol. The Morgan fingerprint density at radius 3 is 2.61 bits per heavy atom. The molecule has 1 amide bonds. The maximum absolute atomic E-state index is 13.1. The van der Waals surface area contributed by atoms with Gasteiger partial charge in [-0.2, -0.15) is 0 Å². The van der Waals surface area contributed by atoms with Gasteiger partial charge in [0.2, 0.25) is 0 Å². The van der Waals surface area contributed by atoms with Crippen LogP contribution in [0.3, 0.4) is 0 Å². The largest absolute Gasteiger partial charge is 0.348 e. The molecular formula is C19H19FN6OS. The van der Waals surface area contributed by atoms with Crippen LogP contribution >= 0.6 is 11.3 Å². The number of halogens is 1. The fraction of sp³-hybridized carbons (Fsp3) is 0.368. The summed E-state index contributed by atoms with van der Waals surface area (Å²) >= 11 is 1.64. The van der Waals surface area contributed by atoms with Crippen LogP contribution in [0.1, 0.15) is 29.0 Å². The van der Waals surface area contributed by atoms with Crippen LogP contribution in [0.2, 0.25) is 0 Å². The third kappa shape index (κ3) is 3.05. The topological polar surface area (TPSA) is 67.2 Å². The Morgan fingerprint density at radius 1 is 1.04 bits per heavy atom. The van der Waals surface area contributed by atoms with Crippen LogP contribution in [0.4, 0.5) is 9.52 Å². The third-order valence-corrected chi connectivity index (χ3v) is 6.13. The Labute approximate surface area is 165 Å². The van der Waals surface area contributed by atoms with E-state index < -0.39 is 0 Å². The van der Waals surface area contributed by atoms with Gasteiger partial charge >= 0.3 is 0 Å². The van der Waals surface area contributed by atoms with Gasteiger partial charge in [0.05, 0.1) is 6.54 Å². The predicted octanol–water partition coefficient (Wildman–Crippen LogP) is 2.80. The van der Waals surface area contributed by atoms with Gasteiger partial charge in [-0.05, 0) is 37.1 Å². The van der Waals surface area contributed by atoms with Crippen molar-refractivity contribution >= 4 is 22.4 Å². The highest BCUT2D eigenvalue weighted by Crippen LogP contribution is 2.30. The molecule has 0 saturated carbocycles. The zero-order valence-electron chi connectivity index (χ0n) is 15.2. The molecule has 1 saturated heterocycles. The molecule has 9 heteroatoms. The molecule has 0 N–H and O–H groups in total. The number of fused-ring (bicyclic) bond motifs is 1. The summed E-state index contributed by atoms with van der Waals surface area (Å²) in [4.78, 5) is 21.5. The number of benzene rings is 1. The second-order valence-corrected chi connectivity index (χ2v) is 7.87. The van der Waals surface area contributed by atoms with Crippen LogP contribution in [0.15, 0.2) is 29.6 Å². The average Bonchev–Trinajstić information content (AvgIpc) is 3.46. The lowest BCUT2D eigenvalue weighted by atomic mass is 10.2. The maximum Gasteiger partial charge on any atom is 0.254 e. The molecule has 7 nitrogen and oxygen atoms in total. The van der Waals surface area contributed by atoms with Gasteiger partial charge in [-0.15, -0.1) is 21.5 Å². The normalized spacial score (nSPS) is 16.5. The van der Waals surface area contributed by atoms with Gasteiger partial charge in [0.1, 0.15) is 11.5 Å². The number of aromatic nitrogens is 4. The molecule has 4 heterocycles. The first kappa shape index (κ1) is 17.3. The van der Waals surface area contributed by atoms with Crippen LogP contribution in [0.25, 0.3) is 11.5 Å². The fourth-order valence-corrected chi connectivity index (χ4v) is 4.57. The fourth-order valence-electron chi connectivity index (χ4n) is 3.72.